The number of nitrogens with one attached hydrogen (secondary N) is 1. The minimum Gasteiger partial charge on any atom is -0.303 e. The van der Waals surface area contributed by atoms with E-state index < -0.39 is 0 Å². The molecule has 1 fully saturated rings. The molecule has 0 amide bonds. The first-order valence-corrected chi connectivity index (χ1v) is 9.05. The van der Waals surface area contributed by atoms with Crippen LogP contribution in [-0.4, -0.2) is 9.78 Å². The summed E-state index contributed by atoms with van der Waals surface area (Å²) in [5.74, 6) is 0. The highest BCUT2D eigenvalue weighted by Crippen LogP contribution is 2.27. The topological polar surface area (TPSA) is 29.9 Å². The van der Waals surface area contributed by atoms with Gasteiger partial charge in [0.15, 0.2) is 0 Å². The van der Waals surface area contributed by atoms with Crippen LogP contribution in [0.15, 0.2) is 29.8 Å². The molecular weight excluding hydrogens is 278 g/mol. The van der Waals surface area contributed by atoms with Gasteiger partial charge in [-0.05, 0) is 36.8 Å². The zero-order valence-corrected chi connectivity index (χ0v) is 13.6. The summed E-state index contributed by atoms with van der Waals surface area (Å²) >= 11 is 1.83. The first-order valence-electron chi connectivity index (χ1n) is 8.17. The van der Waals surface area contributed by atoms with Gasteiger partial charge in [-0.15, -0.1) is 11.3 Å². The Labute approximate surface area is 131 Å². The molecule has 0 saturated heterocycles. The lowest BCUT2D eigenvalue weighted by molar-refractivity contribution is 0.327. The Bertz CT molecular complexity index is 526. The molecule has 2 aromatic rings. The van der Waals surface area contributed by atoms with Crippen molar-refractivity contribution in [2.24, 2.45) is 0 Å². The van der Waals surface area contributed by atoms with Gasteiger partial charge in [-0.3, -0.25) is 4.68 Å². The van der Waals surface area contributed by atoms with E-state index in [1.165, 1.54) is 37.0 Å². The molecule has 21 heavy (non-hydrogen) atoms. The number of hydrogen-bond donors (Lipinski definition) is 1. The van der Waals surface area contributed by atoms with Crippen LogP contribution in [0.5, 0.6) is 0 Å². The lowest BCUT2D eigenvalue weighted by atomic mass is 9.96. The van der Waals surface area contributed by atoms with E-state index in [1.54, 1.807) is 0 Å². The van der Waals surface area contributed by atoms with Crippen LogP contribution in [0.2, 0.25) is 0 Å². The summed E-state index contributed by atoms with van der Waals surface area (Å²) in [6.07, 6.45) is 9.97. The molecule has 3 nitrogen and oxygen atoms in total. The highest BCUT2D eigenvalue weighted by molar-refractivity contribution is 7.10. The molecule has 0 aromatic carbocycles. The molecule has 2 aromatic heterocycles. The minimum absolute atomic E-state index is 0.449. The first-order chi connectivity index (χ1) is 10.4. The van der Waals surface area contributed by atoms with E-state index in [9.17, 15) is 0 Å². The Balaban J connectivity index is 1.56. The quantitative estimate of drug-likeness (QED) is 0.839. The van der Waals surface area contributed by atoms with E-state index in [1.807, 2.05) is 11.3 Å². The second-order valence-electron chi connectivity index (χ2n) is 5.94. The van der Waals surface area contributed by atoms with Crippen LogP contribution in [0.3, 0.4) is 0 Å². The average molecular weight is 303 g/mol. The van der Waals surface area contributed by atoms with Gasteiger partial charge in [0.25, 0.3) is 0 Å². The Hall–Kier alpha value is -1.13. The van der Waals surface area contributed by atoms with Crippen LogP contribution < -0.4 is 5.32 Å². The van der Waals surface area contributed by atoms with Gasteiger partial charge in [0.1, 0.15) is 0 Å². The van der Waals surface area contributed by atoms with Crippen molar-refractivity contribution in [1.29, 1.82) is 0 Å². The molecule has 0 bridgehead atoms. The minimum atomic E-state index is 0.449. The summed E-state index contributed by atoms with van der Waals surface area (Å²) in [5, 5.41) is 10.6. The standard InChI is InChI=1S/C17H25N3S/c1-2-16(17-9-6-12-21-17)18-13-14-10-11-20(19-14)15-7-4-3-5-8-15/h6,9-12,15-16,18H,2-5,7-8,13H2,1H3. The number of aromatic nitrogens is 2. The van der Waals surface area contributed by atoms with Gasteiger partial charge >= 0.3 is 0 Å². The van der Waals surface area contributed by atoms with E-state index in [0.29, 0.717) is 12.1 Å². The normalized spacial score (nSPS) is 18.0. The molecular formula is C17H25N3S. The van der Waals surface area contributed by atoms with E-state index >= 15 is 0 Å². The molecule has 1 unspecified atom stereocenters. The van der Waals surface area contributed by atoms with Gasteiger partial charge in [0, 0.05) is 23.7 Å². The van der Waals surface area contributed by atoms with Gasteiger partial charge in [-0.1, -0.05) is 32.3 Å². The van der Waals surface area contributed by atoms with Gasteiger partial charge < -0.3 is 5.32 Å². The van der Waals surface area contributed by atoms with Crippen LogP contribution in [0.4, 0.5) is 0 Å². The summed E-state index contributed by atoms with van der Waals surface area (Å²) in [7, 11) is 0. The molecule has 1 atom stereocenters. The zero-order valence-electron chi connectivity index (χ0n) is 12.8. The SMILES string of the molecule is CCC(NCc1ccn(C2CCCCC2)n1)c1cccs1. The Morgan fingerprint density at radius 2 is 2.19 bits per heavy atom. The third kappa shape index (κ3) is 3.74. The molecule has 0 radical (unpaired) electrons. The zero-order chi connectivity index (χ0) is 14.5. The highest BCUT2D eigenvalue weighted by atomic mass is 32.1. The Kier molecular flexibility index (Phi) is 5.09. The average Bonchev–Trinajstić information content (AvgIpc) is 3.20. The predicted molar refractivity (Wildman–Crippen MR) is 88.5 cm³/mol. The molecule has 0 aliphatic heterocycles. The summed E-state index contributed by atoms with van der Waals surface area (Å²) < 4.78 is 2.20. The van der Waals surface area contributed by atoms with Gasteiger partial charge in [0.2, 0.25) is 0 Å². The number of hydrogen-bond acceptors (Lipinski definition) is 3. The van der Waals surface area contributed by atoms with Crippen LogP contribution >= 0.6 is 11.3 Å². The van der Waals surface area contributed by atoms with Crippen molar-refractivity contribution in [3.05, 3.63) is 40.3 Å². The summed E-state index contributed by atoms with van der Waals surface area (Å²) in [6, 6.07) is 7.59. The summed E-state index contributed by atoms with van der Waals surface area (Å²) in [5.41, 5.74) is 1.16. The van der Waals surface area contributed by atoms with Crippen LogP contribution in [-0.2, 0) is 6.54 Å². The van der Waals surface area contributed by atoms with Crippen molar-refractivity contribution < 1.29 is 0 Å². The maximum absolute atomic E-state index is 4.78. The molecule has 114 valence electrons. The van der Waals surface area contributed by atoms with Crippen molar-refractivity contribution in [2.45, 2.75) is 64.1 Å². The lowest BCUT2D eigenvalue weighted by Gasteiger charge is -2.21. The van der Waals surface area contributed by atoms with Crippen molar-refractivity contribution >= 4 is 11.3 Å². The predicted octanol–water partition coefficient (Wildman–Crippen LogP) is 4.69. The summed E-state index contributed by atoms with van der Waals surface area (Å²) in [6.45, 7) is 3.09. The molecule has 1 saturated carbocycles. The van der Waals surface area contributed by atoms with Crippen molar-refractivity contribution in [1.82, 2.24) is 15.1 Å². The Morgan fingerprint density at radius 3 is 2.90 bits per heavy atom. The number of nitrogens with zero attached hydrogens (tertiary/aromatic N) is 2. The van der Waals surface area contributed by atoms with Gasteiger partial charge in [-0.25, -0.2) is 0 Å². The molecule has 3 rings (SSSR count). The Morgan fingerprint density at radius 1 is 1.33 bits per heavy atom. The number of thiophene rings is 1. The van der Waals surface area contributed by atoms with Crippen molar-refractivity contribution in [3.8, 4) is 0 Å². The fourth-order valence-electron chi connectivity index (χ4n) is 3.18. The fraction of sp³-hybridized carbons (Fsp3) is 0.588. The molecule has 4 heteroatoms. The number of rotatable bonds is 6. The maximum Gasteiger partial charge on any atom is 0.0762 e. The van der Waals surface area contributed by atoms with E-state index in [2.05, 4.69) is 46.7 Å². The second-order valence-corrected chi connectivity index (χ2v) is 6.92. The van der Waals surface area contributed by atoms with Gasteiger partial charge in [0.05, 0.1) is 11.7 Å². The molecule has 2 heterocycles. The molecule has 1 aliphatic carbocycles. The van der Waals surface area contributed by atoms with E-state index in [4.69, 9.17) is 5.10 Å². The molecule has 0 spiro atoms. The monoisotopic (exact) mass is 303 g/mol. The van der Waals surface area contributed by atoms with Gasteiger partial charge in [-0.2, -0.15) is 5.10 Å². The highest BCUT2D eigenvalue weighted by Gasteiger charge is 2.16. The largest absolute Gasteiger partial charge is 0.303 e. The third-order valence-corrected chi connectivity index (χ3v) is 5.42. The van der Waals surface area contributed by atoms with Crippen LogP contribution in [0, 0.1) is 0 Å². The van der Waals surface area contributed by atoms with Crippen LogP contribution in [0.25, 0.3) is 0 Å². The van der Waals surface area contributed by atoms with Crippen molar-refractivity contribution in [2.75, 3.05) is 0 Å². The maximum atomic E-state index is 4.78. The lowest BCUT2D eigenvalue weighted by Crippen LogP contribution is -2.20. The van der Waals surface area contributed by atoms with E-state index in [-0.39, 0.29) is 0 Å². The third-order valence-electron chi connectivity index (χ3n) is 4.44. The fourth-order valence-corrected chi connectivity index (χ4v) is 4.07. The smallest absolute Gasteiger partial charge is 0.0762 e. The van der Waals surface area contributed by atoms with Crippen molar-refractivity contribution in [3.63, 3.8) is 0 Å². The molecule has 1 N–H and O–H groups in total. The summed E-state index contributed by atoms with van der Waals surface area (Å²) in [4.78, 5) is 1.42. The second kappa shape index (κ2) is 7.23. The first kappa shape index (κ1) is 14.8. The van der Waals surface area contributed by atoms with E-state index in [0.717, 1.165) is 18.7 Å². The van der Waals surface area contributed by atoms with Crippen LogP contribution in [0.1, 0.15) is 68.1 Å². The molecule has 1 aliphatic rings.